The van der Waals surface area contributed by atoms with Gasteiger partial charge < -0.3 is 14.8 Å². The zero-order valence-corrected chi connectivity index (χ0v) is 17.6. The Balaban J connectivity index is 0.00000126. The minimum absolute atomic E-state index is 0.880. The van der Waals surface area contributed by atoms with Crippen molar-refractivity contribution in [2.75, 3.05) is 27.3 Å². The fraction of sp³-hybridized carbons (Fsp3) is 0.417. The number of hydrogen-bond acceptors (Lipinski definition) is 3. The van der Waals surface area contributed by atoms with Crippen molar-refractivity contribution in [2.24, 2.45) is 0 Å². The van der Waals surface area contributed by atoms with Gasteiger partial charge in [-0.2, -0.15) is 0 Å². The van der Waals surface area contributed by atoms with Gasteiger partial charge in [0.25, 0.3) is 0 Å². The molecular formula is C24H33NO2. The van der Waals surface area contributed by atoms with Gasteiger partial charge in [0.2, 0.25) is 0 Å². The number of methoxy groups -OCH3 is 2. The Morgan fingerprint density at radius 1 is 0.926 bits per heavy atom. The second-order valence-corrected chi connectivity index (χ2v) is 6.64. The molecular weight excluding hydrogens is 334 g/mol. The highest BCUT2D eigenvalue weighted by molar-refractivity contribution is 5.84. The van der Waals surface area contributed by atoms with E-state index in [0.717, 1.165) is 37.4 Å². The molecule has 0 bridgehead atoms. The molecule has 0 radical (unpaired) electrons. The molecule has 0 spiro atoms. The quantitative estimate of drug-likeness (QED) is 0.788. The fourth-order valence-corrected chi connectivity index (χ4v) is 3.56. The summed E-state index contributed by atoms with van der Waals surface area (Å²) in [5.41, 5.74) is 7.74. The van der Waals surface area contributed by atoms with Crippen LogP contribution in [-0.2, 0) is 6.42 Å². The van der Waals surface area contributed by atoms with E-state index in [1.807, 2.05) is 26.0 Å². The molecule has 3 nitrogen and oxygen atoms in total. The first kappa shape index (κ1) is 21.0. The average molecular weight is 368 g/mol. The van der Waals surface area contributed by atoms with Gasteiger partial charge in [-0.3, -0.25) is 0 Å². The Morgan fingerprint density at radius 2 is 1.63 bits per heavy atom. The molecule has 1 aliphatic heterocycles. The molecule has 1 N–H and O–H groups in total. The maximum atomic E-state index is 5.61. The molecule has 0 aliphatic carbocycles. The number of rotatable bonds is 3. The second-order valence-electron chi connectivity index (χ2n) is 6.64. The van der Waals surface area contributed by atoms with Gasteiger partial charge in [-0.25, -0.2) is 0 Å². The molecule has 2 aromatic carbocycles. The first-order chi connectivity index (χ1) is 13.1. The average Bonchev–Trinajstić information content (AvgIpc) is 2.78. The highest BCUT2D eigenvalue weighted by Gasteiger charge is 2.17. The lowest BCUT2D eigenvalue weighted by molar-refractivity contribution is 0.411. The van der Waals surface area contributed by atoms with E-state index in [1.54, 1.807) is 14.2 Å². The van der Waals surface area contributed by atoms with E-state index < -0.39 is 0 Å². The topological polar surface area (TPSA) is 30.5 Å². The lowest BCUT2D eigenvalue weighted by Crippen LogP contribution is -2.17. The van der Waals surface area contributed by atoms with Gasteiger partial charge in [-0.05, 0) is 79.3 Å². The van der Waals surface area contributed by atoms with Crippen LogP contribution in [0.1, 0.15) is 49.4 Å². The molecule has 0 atom stereocenters. The van der Waals surface area contributed by atoms with E-state index in [2.05, 4.69) is 43.4 Å². The Hall–Kier alpha value is -2.26. The largest absolute Gasteiger partial charge is 0.497 e. The van der Waals surface area contributed by atoms with Gasteiger partial charge in [0.05, 0.1) is 14.2 Å². The standard InChI is InChI=1S/C22H27NO2.C2H6/c1-15-12-18-6-5-11-23-14-16(2)22(20(18)13-21(15)25-4)17-7-9-19(24-3)10-8-17;1-2/h7-10,12-13,23H,5-6,11,14H2,1-4H3;1-2H3/b22-16+;. The van der Waals surface area contributed by atoms with E-state index >= 15 is 0 Å². The summed E-state index contributed by atoms with van der Waals surface area (Å²) >= 11 is 0. The van der Waals surface area contributed by atoms with Crippen LogP contribution in [0.3, 0.4) is 0 Å². The Kier molecular flexibility index (Phi) is 7.93. The number of aryl methyl sites for hydroxylation is 2. The second kappa shape index (κ2) is 10.2. The van der Waals surface area contributed by atoms with Crippen molar-refractivity contribution in [3.8, 4) is 11.5 Å². The summed E-state index contributed by atoms with van der Waals surface area (Å²) in [5.74, 6) is 1.83. The molecule has 3 rings (SSSR count). The molecule has 2 aromatic rings. The van der Waals surface area contributed by atoms with Crippen LogP contribution in [0.4, 0.5) is 0 Å². The molecule has 0 unspecified atom stereocenters. The highest BCUT2D eigenvalue weighted by Crippen LogP contribution is 2.35. The fourth-order valence-electron chi connectivity index (χ4n) is 3.56. The van der Waals surface area contributed by atoms with Crippen molar-refractivity contribution in [1.82, 2.24) is 5.32 Å². The van der Waals surface area contributed by atoms with Crippen molar-refractivity contribution in [3.63, 3.8) is 0 Å². The molecule has 0 aromatic heterocycles. The number of benzene rings is 2. The summed E-state index contributed by atoms with van der Waals surface area (Å²) in [5, 5.41) is 3.56. The van der Waals surface area contributed by atoms with Crippen molar-refractivity contribution in [1.29, 1.82) is 0 Å². The van der Waals surface area contributed by atoms with Crippen molar-refractivity contribution >= 4 is 5.57 Å². The SMILES string of the molecule is CC.COc1ccc(/C2=C(/C)CNCCCc3cc(C)c(OC)cc32)cc1. The van der Waals surface area contributed by atoms with Crippen LogP contribution in [-0.4, -0.2) is 27.3 Å². The zero-order valence-electron chi connectivity index (χ0n) is 17.6. The van der Waals surface area contributed by atoms with Crippen LogP contribution in [0.2, 0.25) is 0 Å². The highest BCUT2D eigenvalue weighted by atomic mass is 16.5. The molecule has 1 heterocycles. The molecule has 0 fully saturated rings. The monoisotopic (exact) mass is 367 g/mol. The van der Waals surface area contributed by atoms with Gasteiger partial charge in [-0.1, -0.05) is 37.6 Å². The van der Waals surface area contributed by atoms with Gasteiger partial charge in [0, 0.05) is 6.54 Å². The predicted molar refractivity (Wildman–Crippen MR) is 115 cm³/mol. The van der Waals surface area contributed by atoms with Gasteiger partial charge in [0.15, 0.2) is 0 Å². The van der Waals surface area contributed by atoms with Crippen LogP contribution in [0.15, 0.2) is 42.0 Å². The van der Waals surface area contributed by atoms with E-state index in [9.17, 15) is 0 Å². The van der Waals surface area contributed by atoms with Gasteiger partial charge >= 0.3 is 0 Å². The van der Waals surface area contributed by atoms with Crippen LogP contribution in [0, 0.1) is 6.92 Å². The Morgan fingerprint density at radius 3 is 2.26 bits per heavy atom. The Bertz CT molecular complexity index is 776. The number of ether oxygens (including phenoxy) is 2. The third-order valence-electron chi connectivity index (χ3n) is 4.89. The van der Waals surface area contributed by atoms with Gasteiger partial charge in [0.1, 0.15) is 11.5 Å². The first-order valence-electron chi connectivity index (χ1n) is 9.87. The molecule has 0 saturated heterocycles. The van der Waals surface area contributed by atoms with Crippen LogP contribution < -0.4 is 14.8 Å². The minimum Gasteiger partial charge on any atom is -0.497 e. The number of fused-ring (bicyclic) bond motifs is 1. The number of hydrogen-bond donors (Lipinski definition) is 1. The molecule has 1 aliphatic rings. The van der Waals surface area contributed by atoms with Crippen molar-refractivity contribution < 1.29 is 9.47 Å². The zero-order chi connectivity index (χ0) is 19.8. The minimum atomic E-state index is 0.880. The maximum Gasteiger partial charge on any atom is 0.122 e. The van der Waals surface area contributed by atoms with Gasteiger partial charge in [-0.15, -0.1) is 0 Å². The lowest BCUT2D eigenvalue weighted by Gasteiger charge is -2.19. The van der Waals surface area contributed by atoms with E-state index in [0.29, 0.717) is 0 Å². The summed E-state index contributed by atoms with van der Waals surface area (Å²) in [6.07, 6.45) is 2.21. The molecule has 146 valence electrons. The molecule has 0 saturated carbocycles. The van der Waals surface area contributed by atoms with Crippen LogP contribution >= 0.6 is 0 Å². The normalized spacial score (nSPS) is 16.8. The third kappa shape index (κ3) is 4.92. The smallest absolute Gasteiger partial charge is 0.122 e. The summed E-state index contributed by atoms with van der Waals surface area (Å²) < 4.78 is 10.9. The Labute approximate surface area is 164 Å². The molecule has 0 amide bonds. The lowest BCUT2D eigenvalue weighted by atomic mass is 9.88. The predicted octanol–water partition coefficient (Wildman–Crippen LogP) is 5.40. The summed E-state index contributed by atoms with van der Waals surface area (Å²) in [4.78, 5) is 0. The summed E-state index contributed by atoms with van der Waals surface area (Å²) in [6.45, 7) is 10.3. The van der Waals surface area contributed by atoms with Crippen molar-refractivity contribution in [3.05, 3.63) is 64.2 Å². The van der Waals surface area contributed by atoms with E-state index in [4.69, 9.17) is 9.47 Å². The van der Waals surface area contributed by atoms with E-state index in [1.165, 1.54) is 33.4 Å². The molecule has 3 heteroatoms. The maximum absolute atomic E-state index is 5.61. The first-order valence-corrected chi connectivity index (χ1v) is 9.87. The third-order valence-corrected chi connectivity index (χ3v) is 4.89. The van der Waals surface area contributed by atoms with E-state index in [-0.39, 0.29) is 0 Å². The summed E-state index contributed by atoms with van der Waals surface area (Å²) in [6, 6.07) is 12.8. The molecule has 27 heavy (non-hydrogen) atoms. The summed E-state index contributed by atoms with van der Waals surface area (Å²) in [7, 11) is 3.45. The van der Waals surface area contributed by atoms with Crippen molar-refractivity contribution in [2.45, 2.75) is 40.5 Å². The van der Waals surface area contributed by atoms with Crippen LogP contribution in [0.5, 0.6) is 11.5 Å². The number of nitrogens with one attached hydrogen (secondary N) is 1. The van der Waals surface area contributed by atoms with Crippen LogP contribution in [0.25, 0.3) is 5.57 Å².